The van der Waals surface area contributed by atoms with Crippen molar-refractivity contribution in [3.63, 3.8) is 0 Å². The van der Waals surface area contributed by atoms with E-state index in [1.165, 1.54) is 6.33 Å². The molecular formula is C23H19Cl3N6O. The van der Waals surface area contributed by atoms with Crippen LogP contribution in [0, 0.1) is 6.92 Å². The van der Waals surface area contributed by atoms with Crippen LogP contribution in [-0.4, -0.2) is 30.2 Å². The van der Waals surface area contributed by atoms with Gasteiger partial charge in [-0.05, 0) is 48.6 Å². The lowest BCUT2D eigenvalue weighted by Gasteiger charge is -2.16. The number of aryl methyl sites for hydroxylation is 2. The van der Waals surface area contributed by atoms with E-state index in [4.69, 9.17) is 34.8 Å². The lowest BCUT2D eigenvalue weighted by atomic mass is 10.1. The fourth-order valence-corrected chi connectivity index (χ4v) is 4.76. The lowest BCUT2D eigenvalue weighted by molar-refractivity contribution is 0.0922. The Bertz CT molecular complexity index is 1340. The third-order valence-electron chi connectivity index (χ3n) is 5.77. The second-order valence-corrected chi connectivity index (χ2v) is 9.00. The molecule has 0 radical (unpaired) electrons. The zero-order chi connectivity index (χ0) is 23.1. The smallest absolute Gasteiger partial charge is 0.291 e. The summed E-state index contributed by atoms with van der Waals surface area (Å²) in [5.74, 6) is 0.244. The molecule has 0 bridgehead atoms. The number of hydrogen-bond acceptors (Lipinski definition) is 4. The molecule has 4 aromatic rings. The Balaban J connectivity index is 1.39. The number of imidazole rings is 1. The maximum atomic E-state index is 13.0. The molecule has 2 aromatic carbocycles. The number of aromatic nitrogens is 5. The van der Waals surface area contributed by atoms with Gasteiger partial charge < -0.3 is 5.32 Å². The Kier molecular flexibility index (Phi) is 5.86. The van der Waals surface area contributed by atoms with Crippen molar-refractivity contribution in [2.45, 2.75) is 32.4 Å². The van der Waals surface area contributed by atoms with Crippen LogP contribution in [0.3, 0.4) is 0 Å². The van der Waals surface area contributed by atoms with Crippen molar-refractivity contribution < 1.29 is 4.79 Å². The first kappa shape index (κ1) is 21.9. The van der Waals surface area contributed by atoms with Gasteiger partial charge in [0.05, 0.1) is 18.3 Å². The van der Waals surface area contributed by atoms with Gasteiger partial charge in [0.1, 0.15) is 12.2 Å². The van der Waals surface area contributed by atoms with E-state index in [0.717, 1.165) is 28.8 Å². The van der Waals surface area contributed by atoms with Gasteiger partial charge >= 0.3 is 0 Å². The molecule has 0 aliphatic carbocycles. The van der Waals surface area contributed by atoms with Crippen molar-refractivity contribution in [2.75, 3.05) is 0 Å². The van der Waals surface area contributed by atoms with Gasteiger partial charge in [-0.15, -0.1) is 5.10 Å². The number of nitrogens with zero attached hydrogens (tertiary/aromatic N) is 5. The Morgan fingerprint density at radius 3 is 2.79 bits per heavy atom. The van der Waals surface area contributed by atoms with Crippen LogP contribution in [0.25, 0.3) is 5.69 Å². The lowest BCUT2D eigenvalue weighted by Crippen LogP contribution is -2.31. The van der Waals surface area contributed by atoms with Crippen LogP contribution in [0.5, 0.6) is 0 Å². The standard InChI is InChI=1S/C23H19Cl3N6O/c1-13-5-4-7-16(24)15(13)11-31-12-27-21(30-31)23(33)28-17-10-9-14-6-2-3-8-18(14)32-20(26)19(25)29-22(17)32/h2-8,12,17H,9-11H2,1H3,(H,28,33). The highest BCUT2D eigenvalue weighted by Crippen LogP contribution is 2.36. The topological polar surface area (TPSA) is 77.6 Å². The second-order valence-electron chi connectivity index (χ2n) is 7.88. The number of nitrogens with one attached hydrogen (secondary N) is 1. The zero-order valence-electron chi connectivity index (χ0n) is 17.6. The molecule has 1 aliphatic heterocycles. The predicted molar refractivity (Wildman–Crippen MR) is 127 cm³/mol. The van der Waals surface area contributed by atoms with E-state index in [2.05, 4.69) is 20.4 Å². The monoisotopic (exact) mass is 500 g/mol. The molecule has 1 amide bonds. The molecule has 0 fully saturated rings. The van der Waals surface area contributed by atoms with Crippen LogP contribution in [0.15, 0.2) is 48.8 Å². The average Bonchev–Trinajstić information content (AvgIpc) is 3.34. The summed E-state index contributed by atoms with van der Waals surface area (Å²) in [7, 11) is 0. The van der Waals surface area contributed by atoms with E-state index in [0.29, 0.717) is 29.0 Å². The van der Waals surface area contributed by atoms with Crippen LogP contribution >= 0.6 is 34.8 Å². The highest BCUT2D eigenvalue weighted by atomic mass is 35.5. The first-order valence-electron chi connectivity index (χ1n) is 10.4. The number of carbonyl (C=O) groups excluding carboxylic acids is 1. The van der Waals surface area contributed by atoms with E-state index < -0.39 is 11.9 Å². The van der Waals surface area contributed by atoms with Crippen LogP contribution in [0.4, 0.5) is 0 Å². The molecule has 1 aliphatic rings. The molecule has 3 heterocycles. The van der Waals surface area contributed by atoms with Gasteiger partial charge in [0.2, 0.25) is 5.82 Å². The molecule has 0 saturated carbocycles. The van der Waals surface area contributed by atoms with Crippen molar-refractivity contribution in [1.82, 2.24) is 29.6 Å². The van der Waals surface area contributed by atoms with Crippen LogP contribution in [-0.2, 0) is 13.0 Å². The fraction of sp³-hybridized carbons (Fsp3) is 0.217. The minimum atomic E-state index is -0.410. The SMILES string of the molecule is Cc1cccc(Cl)c1Cn1cnc(C(=O)NC2CCc3ccccc3-n3c2nc(Cl)c3Cl)n1. The van der Waals surface area contributed by atoms with Gasteiger partial charge in [0.25, 0.3) is 5.91 Å². The second kappa shape index (κ2) is 8.82. The van der Waals surface area contributed by atoms with Gasteiger partial charge in [-0.1, -0.05) is 65.1 Å². The highest BCUT2D eigenvalue weighted by Gasteiger charge is 2.29. The Morgan fingerprint density at radius 2 is 1.97 bits per heavy atom. The molecule has 1 atom stereocenters. The summed E-state index contributed by atoms with van der Waals surface area (Å²) in [4.78, 5) is 21.7. The van der Waals surface area contributed by atoms with E-state index in [-0.39, 0.29) is 11.0 Å². The third kappa shape index (κ3) is 4.12. The summed E-state index contributed by atoms with van der Waals surface area (Å²) < 4.78 is 3.39. The van der Waals surface area contributed by atoms with E-state index in [1.807, 2.05) is 49.4 Å². The van der Waals surface area contributed by atoms with Crippen LogP contribution in [0.2, 0.25) is 15.3 Å². The summed E-state index contributed by atoms with van der Waals surface area (Å²) in [5, 5.41) is 8.51. The summed E-state index contributed by atoms with van der Waals surface area (Å²) in [6.45, 7) is 2.40. The molecule has 7 nitrogen and oxygen atoms in total. The third-order valence-corrected chi connectivity index (χ3v) is 6.84. The molecule has 0 saturated heterocycles. The van der Waals surface area contributed by atoms with Crippen molar-refractivity contribution in [1.29, 1.82) is 0 Å². The number of carbonyl (C=O) groups is 1. The van der Waals surface area contributed by atoms with Crippen LogP contribution in [0.1, 0.15) is 45.6 Å². The molecule has 168 valence electrons. The number of para-hydroxylation sites is 1. The predicted octanol–water partition coefficient (Wildman–Crippen LogP) is 5.20. The van der Waals surface area contributed by atoms with Crippen molar-refractivity contribution in [3.05, 3.63) is 92.5 Å². The fourth-order valence-electron chi connectivity index (χ4n) is 4.08. The Morgan fingerprint density at radius 1 is 1.15 bits per heavy atom. The van der Waals surface area contributed by atoms with E-state index in [9.17, 15) is 4.79 Å². The largest absolute Gasteiger partial charge is 0.339 e. The van der Waals surface area contributed by atoms with Gasteiger partial charge in [-0.2, -0.15) is 0 Å². The number of amides is 1. The van der Waals surface area contributed by atoms with E-state index in [1.54, 1.807) is 9.25 Å². The summed E-state index contributed by atoms with van der Waals surface area (Å²) >= 11 is 19.0. The molecule has 5 rings (SSSR count). The van der Waals surface area contributed by atoms with Crippen molar-refractivity contribution in [2.24, 2.45) is 0 Å². The zero-order valence-corrected chi connectivity index (χ0v) is 19.9. The van der Waals surface area contributed by atoms with Gasteiger partial charge in [0.15, 0.2) is 10.3 Å². The Labute approximate surface area is 205 Å². The minimum absolute atomic E-state index is 0.0665. The summed E-state index contributed by atoms with van der Waals surface area (Å²) in [6.07, 6.45) is 2.90. The van der Waals surface area contributed by atoms with Crippen molar-refractivity contribution in [3.8, 4) is 5.69 Å². The van der Waals surface area contributed by atoms with Gasteiger partial charge in [0, 0.05) is 5.02 Å². The number of halogens is 3. The molecular weight excluding hydrogens is 483 g/mol. The highest BCUT2D eigenvalue weighted by molar-refractivity contribution is 6.40. The molecule has 1 unspecified atom stereocenters. The number of hydrogen-bond donors (Lipinski definition) is 1. The molecule has 10 heteroatoms. The summed E-state index contributed by atoms with van der Waals surface area (Å²) in [5.41, 5.74) is 3.99. The first-order chi connectivity index (χ1) is 15.9. The maximum absolute atomic E-state index is 13.0. The molecule has 0 spiro atoms. The normalized spacial score (nSPS) is 15.0. The Hall–Kier alpha value is -2.87. The number of rotatable bonds is 4. The minimum Gasteiger partial charge on any atom is -0.339 e. The van der Waals surface area contributed by atoms with Crippen LogP contribution < -0.4 is 5.32 Å². The average molecular weight is 502 g/mol. The first-order valence-corrected chi connectivity index (χ1v) is 11.5. The maximum Gasteiger partial charge on any atom is 0.291 e. The van der Waals surface area contributed by atoms with Crippen molar-refractivity contribution >= 4 is 40.7 Å². The van der Waals surface area contributed by atoms with E-state index >= 15 is 0 Å². The molecule has 1 N–H and O–H groups in total. The molecule has 33 heavy (non-hydrogen) atoms. The number of benzene rings is 2. The number of fused-ring (bicyclic) bond motifs is 3. The van der Waals surface area contributed by atoms with Gasteiger partial charge in [-0.25, -0.2) is 14.6 Å². The summed E-state index contributed by atoms with van der Waals surface area (Å²) in [6, 6.07) is 13.2. The quantitative estimate of drug-likeness (QED) is 0.417. The molecule has 2 aromatic heterocycles. The van der Waals surface area contributed by atoms with Gasteiger partial charge in [-0.3, -0.25) is 9.36 Å².